The van der Waals surface area contributed by atoms with Crippen LogP contribution in [0.3, 0.4) is 0 Å². The van der Waals surface area contributed by atoms with Crippen LogP contribution >= 0.6 is 0 Å². The first-order valence-corrected chi connectivity index (χ1v) is 2.82. The van der Waals surface area contributed by atoms with Crippen molar-refractivity contribution in [2.75, 3.05) is 6.54 Å². The van der Waals surface area contributed by atoms with Crippen molar-refractivity contribution in [1.29, 1.82) is 0 Å². The van der Waals surface area contributed by atoms with Crippen molar-refractivity contribution >= 4 is 5.97 Å². The number of carboxylic acids is 1. The van der Waals surface area contributed by atoms with Gasteiger partial charge in [-0.3, -0.25) is 0 Å². The number of β-amino-alcohol motifs (C(OH)–C–C–N with tert-alkyl or cyclic N) is 1. The summed E-state index contributed by atoms with van der Waals surface area (Å²) in [5.41, 5.74) is 0. The molecule has 0 aromatic rings. The second-order valence-electron chi connectivity index (χ2n) is 2.17. The summed E-state index contributed by atoms with van der Waals surface area (Å²) in [4.78, 5) is 10.1. The van der Waals surface area contributed by atoms with E-state index >= 15 is 0 Å². The van der Waals surface area contributed by atoms with Crippen LogP contribution in [-0.2, 0) is 4.79 Å². The molecule has 0 saturated carbocycles. The van der Waals surface area contributed by atoms with Gasteiger partial charge in [0.1, 0.15) is 0 Å². The molecule has 1 saturated heterocycles. The predicted molar refractivity (Wildman–Crippen MR) is 27.4 cm³/mol. The molecule has 52 valence electrons. The van der Waals surface area contributed by atoms with E-state index in [-0.39, 0.29) is 36.0 Å². The molecule has 1 aliphatic heterocycles. The smallest absolute Gasteiger partial charge is 0.548 e. The molecule has 0 amide bonds. The van der Waals surface area contributed by atoms with Crippen LogP contribution in [0.4, 0.5) is 0 Å². The van der Waals surface area contributed by atoms with E-state index in [0.29, 0.717) is 6.54 Å². The zero-order chi connectivity index (χ0) is 6.85. The SMILES string of the molecule is O=C([O-])[C@@H]1CC(O)CN1.[Na+]. The number of carbonyl (C=O) groups excluding carboxylic acids is 1. The summed E-state index contributed by atoms with van der Waals surface area (Å²) in [6.45, 7) is 0.360. The van der Waals surface area contributed by atoms with E-state index in [0.717, 1.165) is 0 Å². The number of nitrogens with one attached hydrogen (secondary N) is 1. The van der Waals surface area contributed by atoms with Crippen molar-refractivity contribution in [2.45, 2.75) is 18.6 Å². The molecular weight excluding hydrogens is 145 g/mol. The van der Waals surface area contributed by atoms with Crippen LogP contribution in [0.1, 0.15) is 6.42 Å². The van der Waals surface area contributed by atoms with Crippen LogP contribution in [0.5, 0.6) is 0 Å². The molecule has 1 rings (SSSR count). The van der Waals surface area contributed by atoms with Crippen LogP contribution in [0, 0.1) is 0 Å². The maximum absolute atomic E-state index is 10.1. The maximum atomic E-state index is 10.1. The summed E-state index contributed by atoms with van der Waals surface area (Å²) < 4.78 is 0. The van der Waals surface area contributed by atoms with Crippen LogP contribution in [0.15, 0.2) is 0 Å². The van der Waals surface area contributed by atoms with E-state index in [1.54, 1.807) is 0 Å². The van der Waals surface area contributed by atoms with E-state index < -0.39 is 18.1 Å². The minimum absolute atomic E-state index is 0. The molecule has 0 aromatic heterocycles. The molecule has 1 fully saturated rings. The summed E-state index contributed by atoms with van der Waals surface area (Å²) in [6.07, 6.45) is -0.254. The molecule has 1 aliphatic rings. The normalized spacial score (nSPS) is 31.3. The number of aliphatic carboxylic acids is 1. The molecule has 0 aliphatic carbocycles. The molecule has 1 unspecified atom stereocenters. The summed E-state index contributed by atoms with van der Waals surface area (Å²) in [7, 11) is 0. The first-order valence-electron chi connectivity index (χ1n) is 2.82. The fraction of sp³-hybridized carbons (Fsp3) is 0.800. The fourth-order valence-corrected chi connectivity index (χ4v) is 0.897. The van der Waals surface area contributed by atoms with Crippen LogP contribution in [0.2, 0.25) is 0 Å². The van der Waals surface area contributed by atoms with Gasteiger partial charge in [0.15, 0.2) is 0 Å². The zero-order valence-corrected chi connectivity index (χ0v) is 7.83. The zero-order valence-electron chi connectivity index (χ0n) is 5.83. The minimum Gasteiger partial charge on any atom is -0.548 e. The van der Waals surface area contributed by atoms with Gasteiger partial charge < -0.3 is 20.3 Å². The molecule has 1 heterocycles. The molecule has 0 aromatic carbocycles. The van der Waals surface area contributed by atoms with E-state index in [1.165, 1.54) is 0 Å². The van der Waals surface area contributed by atoms with Gasteiger partial charge in [-0.1, -0.05) is 0 Å². The Morgan fingerprint density at radius 2 is 2.30 bits per heavy atom. The third-order valence-electron chi connectivity index (χ3n) is 1.39. The number of carboxylic acid groups (broad SMARTS) is 1. The van der Waals surface area contributed by atoms with Gasteiger partial charge in [-0.25, -0.2) is 0 Å². The van der Waals surface area contributed by atoms with Gasteiger partial charge in [-0.15, -0.1) is 0 Å². The third-order valence-corrected chi connectivity index (χ3v) is 1.39. The van der Waals surface area contributed by atoms with Crippen LogP contribution < -0.4 is 40.0 Å². The molecule has 4 nitrogen and oxygen atoms in total. The molecule has 2 N–H and O–H groups in total. The van der Waals surface area contributed by atoms with Crippen LogP contribution in [0.25, 0.3) is 0 Å². The van der Waals surface area contributed by atoms with Crippen molar-refractivity contribution in [3.8, 4) is 0 Å². The Labute approximate surface area is 80.9 Å². The second-order valence-corrected chi connectivity index (χ2v) is 2.17. The Hall–Kier alpha value is 0.390. The largest absolute Gasteiger partial charge is 1.00 e. The number of hydrogen-bond donors (Lipinski definition) is 2. The van der Waals surface area contributed by atoms with Crippen molar-refractivity contribution in [3.63, 3.8) is 0 Å². The van der Waals surface area contributed by atoms with Crippen LogP contribution in [-0.4, -0.2) is 29.8 Å². The number of aliphatic hydroxyl groups excluding tert-OH is 1. The first kappa shape index (κ1) is 10.4. The summed E-state index contributed by atoms with van der Waals surface area (Å²) in [6, 6.07) is -0.653. The Balaban J connectivity index is 0.000000810. The van der Waals surface area contributed by atoms with Gasteiger partial charge in [0.2, 0.25) is 0 Å². The Bertz CT molecular complexity index is 130. The van der Waals surface area contributed by atoms with Crippen molar-refractivity contribution in [3.05, 3.63) is 0 Å². The topological polar surface area (TPSA) is 72.4 Å². The molecule has 0 spiro atoms. The van der Waals surface area contributed by atoms with Crippen molar-refractivity contribution < 1.29 is 44.6 Å². The molecule has 0 bridgehead atoms. The Morgan fingerprint density at radius 3 is 2.50 bits per heavy atom. The van der Waals surface area contributed by atoms with E-state index in [2.05, 4.69) is 5.32 Å². The Morgan fingerprint density at radius 1 is 1.70 bits per heavy atom. The van der Waals surface area contributed by atoms with E-state index in [9.17, 15) is 9.90 Å². The van der Waals surface area contributed by atoms with Gasteiger partial charge in [0.05, 0.1) is 12.1 Å². The number of hydrogen-bond acceptors (Lipinski definition) is 4. The predicted octanol–water partition coefficient (Wildman–Crippen LogP) is -5.54. The number of carbonyl (C=O) groups is 1. The van der Waals surface area contributed by atoms with Crippen molar-refractivity contribution in [1.82, 2.24) is 5.32 Å². The second kappa shape index (κ2) is 4.31. The number of rotatable bonds is 1. The molecule has 5 heteroatoms. The van der Waals surface area contributed by atoms with E-state index in [4.69, 9.17) is 5.11 Å². The van der Waals surface area contributed by atoms with Gasteiger partial charge in [-0.05, 0) is 6.42 Å². The van der Waals surface area contributed by atoms with E-state index in [1.807, 2.05) is 0 Å². The fourth-order valence-electron chi connectivity index (χ4n) is 0.897. The van der Waals surface area contributed by atoms with Gasteiger partial charge in [-0.2, -0.15) is 0 Å². The molecule has 0 radical (unpaired) electrons. The van der Waals surface area contributed by atoms with Gasteiger partial charge >= 0.3 is 29.6 Å². The average molecular weight is 153 g/mol. The first-order chi connectivity index (χ1) is 4.20. The third kappa shape index (κ3) is 2.56. The maximum Gasteiger partial charge on any atom is 1.00 e. The number of aliphatic hydroxyl groups is 1. The van der Waals surface area contributed by atoms with Gasteiger partial charge in [0, 0.05) is 12.6 Å². The summed E-state index contributed by atoms with van der Waals surface area (Å²) in [5, 5.41) is 21.5. The minimum atomic E-state index is -1.13. The quantitative estimate of drug-likeness (QED) is 0.368. The molecule has 10 heavy (non-hydrogen) atoms. The standard InChI is InChI=1S/C5H9NO3.Na/c7-3-1-4(5(8)9)6-2-3;/h3-4,6-7H,1-2H2,(H,8,9);/q;+1/p-1/t3?,4-;/m0./s1. The monoisotopic (exact) mass is 153 g/mol. The average Bonchev–Trinajstić information content (AvgIpc) is 2.14. The molecular formula is C5H8NNaO3. The molecule has 2 atom stereocenters. The summed E-state index contributed by atoms with van der Waals surface area (Å²) in [5.74, 6) is -1.13. The van der Waals surface area contributed by atoms with Gasteiger partial charge in [0.25, 0.3) is 0 Å². The van der Waals surface area contributed by atoms with Crippen molar-refractivity contribution in [2.24, 2.45) is 0 Å². The Kier molecular flexibility index (Phi) is 4.47. The summed E-state index contributed by atoms with van der Waals surface area (Å²) >= 11 is 0.